The average molecular weight is 363 g/mol. The highest BCUT2D eigenvalue weighted by atomic mass is 16.6. The Morgan fingerprint density at radius 1 is 0.963 bits per heavy atom. The zero-order valence-corrected chi connectivity index (χ0v) is 15.1. The van der Waals surface area contributed by atoms with Crippen LogP contribution in [0.25, 0.3) is 10.8 Å². The van der Waals surface area contributed by atoms with Gasteiger partial charge in [-0.2, -0.15) is 0 Å². The molecular weight excluding hydrogens is 342 g/mol. The maximum Gasteiger partial charge on any atom is 0.265 e. The van der Waals surface area contributed by atoms with Crippen molar-refractivity contribution in [2.75, 3.05) is 13.2 Å². The predicted octanol–water partition coefficient (Wildman–Crippen LogP) is 3.56. The van der Waals surface area contributed by atoms with Gasteiger partial charge in [-0.25, -0.2) is 0 Å². The van der Waals surface area contributed by atoms with Gasteiger partial charge in [0.25, 0.3) is 5.91 Å². The maximum atomic E-state index is 12.4. The van der Waals surface area contributed by atoms with E-state index in [0.29, 0.717) is 24.7 Å². The molecule has 3 aromatic rings. The van der Waals surface area contributed by atoms with Crippen LogP contribution in [0.15, 0.2) is 66.7 Å². The number of hydrogen-bond acceptors (Lipinski definition) is 4. The molecule has 0 spiro atoms. The minimum atomic E-state index is -0.680. The van der Waals surface area contributed by atoms with Crippen molar-refractivity contribution in [3.05, 3.63) is 66.7 Å². The number of ether oxygens (including phenoxy) is 3. The largest absolute Gasteiger partial charge is 0.492 e. The standard InChI is InChI=1S/C22H21NO4/c1-15-21(27-20-9-5-4-8-19(20)26-15)22(24)23-12-13-25-18-11-10-16-6-2-3-7-17(16)14-18/h2-11,14-15,21H,12-13H2,1H3,(H,23,24)/t15-,21+/m1/s1. The molecule has 1 amide bonds. The van der Waals surface area contributed by atoms with Gasteiger partial charge in [-0.15, -0.1) is 0 Å². The van der Waals surface area contributed by atoms with Gasteiger partial charge in [0.2, 0.25) is 6.10 Å². The Morgan fingerprint density at radius 3 is 2.48 bits per heavy atom. The molecule has 3 aromatic carbocycles. The summed E-state index contributed by atoms with van der Waals surface area (Å²) in [5, 5.41) is 5.14. The predicted molar refractivity (Wildman–Crippen MR) is 103 cm³/mol. The van der Waals surface area contributed by atoms with Crippen LogP contribution in [0.1, 0.15) is 6.92 Å². The zero-order valence-electron chi connectivity index (χ0n) is 15.1. The van der Waals surface area contributed by atoms with E-state index in [1.165, 1.54) is 5.39 Å². The zero-order chi connectivity index (χ0) is 18.6. The first-order valence-corrected chi connectivity index (χ1v) is 9.02. The van der Waals surface area contributed by atoms with Crippen LogP contribution < -0.4 is 19.5 Å². The molecule has 5 nitrogen and oxygen atoms in total. The van der Waals surface area contributed by atoms with Crippen molar-refractivity contribution >= 4 is 16.7 Å². The second-order valence-electron chi connectivity index (χ2n) is 6.46. The normalized spacial score (nSPS) is 18.1. The van der Waals surface area contributed by atoms with Crippen molar-refractivity contribution in [3.8, 4) is 17.2 Å². The summed E-state index contributed by atoms with van der Waals surface area (Å²) >= 11 is 0. The van der Waals surface area contributed by atoms with Crippen LogP contribution in [0.4, 0.5) is 0 Å². The first-order chi connectivity index (χ1) is 13.2. The van der Waals surface area contributed by atoms with Crippen molar-refractivity contribution in [3.63, 3.8) is 0 Å². The fourth-order valence-corrected chi connectivity index (χ4v) is 3.11. The Labute approximate surface area is 157 Å². The number of amides is 1. The van der Waals surface area contributed by atoms with Crippen molar-refractivity contribution < 1.29 is 19.0 Å². The second kappa shape index (κ2) is 7.58. The highest BCUT2D eigenvalue weighted by Crippen LogP contribution is 2.33. The Kier molecular flexibility index (Phi) is 4.83. The molecule has 27 heavy (non-hydrogen) atoms. The fourth-order valence-electron chi connectivity index (χ4n) is 3.11. The Bertz CT molecular complexity index is 956. The monoisotopic (exact) mass is 363 g/mol. The van der Waals surface area contributed by atoms with E-state index in [4.69, 9.17) is 14.2 Å². The summed E-state index contributed by atoms with van der Waals surface area (Å²) < 4.78 is 17.3. The summed E-state index contributed by atoms with van der Waals surface area (Å²) in [6, 6.07) is 21.4. The number of benzene rings is 3. The molecule has 0 saturated heterocycles. The average Bonchev–Trinajstić information content (AvgIpc) is 2.70. The van der Waals surface area contributed by atoms with E-state index in [0.717, 1.165) is 11.1 Å². The maximum absolute atomic E-state index is 12.4. The molecular formula is C22H21NO4. The van der Waals surface area contributed by atoms with Crippen LogP contribution in [0.2, 0.25) is 0 Å². The fraction of sp³-hybridized carbons (Fsp3) is 0.227. The quantitative estimate of drug-likeness (QED) is 0.704. The minimum absolute atomic E-state index is 0.209. The van der Waals surface area contributed by atoms with Gasteiger partial charge in [-0.3, -0.25) is 4.79 Å². The summed E-state index contributed by atoms with van der Waals surface area (Å²) in [4.78, 5) is 12.4. The summed E-state index contributed by atoms with van der Waals surface area (Å²) in [5.41, 5.74) is 0. The molecule has 0 bridgehead atoms. The van der Waals surface area contributed by atoms with Crippen LogP contribution in [-0.2, 0) is 4.79 Å². The lowest BCUT2D eigenvalue weighted by molar-refractivity contribution is -0.133. The van der Waals surface area contributed by atoms with Crippen molar-refractivity contribution in [2.45, 2.75) is 19.1 Å². The topological polar surface area (TPSA) is 56.8 Å². The van der Waals surface area contributed by atoms with Gasteiger partial charge in [-0.05, 0) is 42.0 Å². The Balaban J connectivity index is 1.29. The van der Waals surface area contributed by atoms with Crippen molar-refractivity contribution in [1.29, 1.82) is 0 Å². The van der Waals surface area contributed by atoms with Crippen LogP contribution in [0.5, 0.6) is 17.2 Å². The molecule has 0 radical (unpaired) electrons. The Morgan fingerprint density at radius 2 is 1.67 bits per heavy atom. The summed E-state index contributed by atoms with van der Waals surface area (Å²) in [6.07, 6.45) is -1.04. The molecule has 1 N–H and O–H groups in total. The molecule has 2 atom stereocenters. The van der Waals surface area contributed by atoms with E-state index in [-0.39, 0.29) is 12.0 Å². The summed E-state index contributed by atoms with van der Waals surface area (Å²) in [7, 11) is 0. The number of rotatable bonds is 5. The van der Waals surface area contributed by atoms with Gasteiger partial charge in [0.15, 0.2) is 11.5 Å². The molecule has 1 aliphatic heterocycles. The van der Waals surface area contributed by atoms with E-state index in [1.54, 1.807) is 6.07 Å². The van der Waals surface area contributed by atoms with Gasteiger partial charge < -0.3 is 19.5 Å². The lowest BCUT2D eigenvalue weighted by Crippen LogP contribution is -2.49. The van der Waals surface area contributed by atoms with E-state index in [9.17, 15) is 4.79 Å². The third kappa shape index (κ3) is 3.82. The molecule has 138 valence electrons. The summed E-state index contributed by atoms with van der Waals surface area (Å²) in [5.74, 6) is 1.82. The van der Waals surface area contributed by atoms with E-state index in [2.05, 4.69) is 11.4 Å². The molecule has 1 heterocycles. The minimum Gasteiger partial charge on any atom is -0.492 e. The number of carbonyl (C=O) groups is 1. The number of nitrogens with one attached hydrogen (secondary N) is 1. The third-order valence-corrected chi connectivity index (χ3v) is 4.49. The van der Waals surface area contributed by atoms with Gasteiger partial charge >= 0.3 is 0 Å². The van der Waals surface area contributed by atoms with Crippen LogP contribution in [0.3, 0.4) is 0 Å². The molecule has 5 heteroatoms. The molecule has 0 fully saturated rings. The lowest BCUT2D eigenvalue weighted by atomic mass is 10.1. The first kappa shape index (κ1) is 17.2. The van der Waals surface area contributed by atoms with E-state index >= 15 is 0 Å². The van der Waals surface area contributed by atoms with Gasteiger partial charge in [0, 0.05) is 0 Å². The van der Waals surface area contributed by atoms with E-state index in [1.807, 2.05) is 61.5 Å². The van der Waals surface area contributed by atoms with Crippen LogP contribution in [0, 0.1) is 0 Å². The lowest BCUT2D eigenvalue weighted by Gasteiger charge is -2.31. The van der Waals surface area contributed by atoms with Gasteiger partial charge in [0.05, 0.1) is 6.54 Å². The van der Waals surface area contributed by atoms with Crippen LogP contribution >= 0.6 is 0 Å². The molecule has 0 aliphatic carbocycles. The van der Waals surface area contributed by atoms with Gasteiger partial charge in [-0.1, -0.05) is 42.5 Å². The molecule has 0 unspecified atom stereocenters. The number of para-hydroxylation sites is 2. The molecule has 4 rings (SSSR count). The SMILES string of the molecule is C[C@H]1Oc2ccccc2O[C@@H]1C(=O)NCCOc1ccc2ccccc2c1. The molecule has 0 aromatic heterocycles. The second-order valence-corrected chi connectivity index (χ2v) is 6.46. The van der Waals surface area contributed by atoms with Crippen LogP contribution in [-0.4, -0.2) is 31.3 Å². The third-order valence-electron chi connectivity index (χ3n) is 4.49. The number of carbonyl (C=O) groups excluding carboxylic acids is 1. The van der Waals surface area contributed by atoms with Crippen molar-refractivity contribution in [1.82, 2.24) is 5.32 Å². The van der Waals surface area contributed by atoms with Crippen molar-refractivity contribution in [2.24, 2.45) is 0 Å². The number of hydrogen-bond donors (Lipinski definition) is 1. The highest BCUT2D eigenvalue weighted by Gasteiger charge is 2.33. The summed E-state index contributed by atoms with van der Waals surface area (Å²) in [6.45, 7) is 2.59. The van der Waals surface area contributed by atoms with E-state index < -0.39 is 6.10 Å². The first-order valence-electron chi connectivity index (χ1n) is 9.02. The van der Waals surface area contributed by atoms with Gasteiger partial charge in [0.1, 0.15) is 18.5 Å². The highest BCUT2D eigenvalue weighted by molar-refractivity contribution is 5.84. The molecule has 1 aliphatic rings. The Hall–Kier alpha value is -3.21. The number of fused-ring (bicyclic) bond motifs is 2. The smallest absolute Gasteiger partial charge is 0.265 e. The molecule has 0 saturated carbocycles.